The first kappa shape index (κ1) is 38.2. The van der Waals surface area contributed by atoms with Crippen LogP contribution in [0, 0.1) is 0 Å². The van der Waals surface area contributed by atoms with Crippen LogP contribution in [0.15, 0.2) is 188 Å². The van der Waals surface area contributed by atoms with Gasteiger partial charge in [0.1, 0.15) is 0 Å². The highest BCUT2D eigenvalue weighted by molar-refractivity contribution is 6.24. The summed E-state index contributed by atoms with van der Waals surface area (Å²) in [6.07, 6.45) is 5.12. The van der Waals surface area contributed by atoms with Crippen LogP contribution >= 0.6 is 0 Å². The largest absolute Gasteiger partial charge is 0.307 e. The van der Waals surface area contributed by atoms with Crippen LogP contribution < -0.4 is 0 Å². The molecule has 0 N–H and O–H groups in total. The molecule has 0 atom stereocenters. The minimum Gasteiger partial charge on any atom is -0.307 e. The second-order valence-electron chi connectivity index (χ2n) is 16.4. The maximum atomic E-state index is 5.29. The second kappa shape index (κ2) is 15.6. The molecule has 0 saturated heterocycles. The highest BCUT2D eigenvalue weighted by Crippen LogP contribution is 2.45. The number of pyridine rings is 1. The van der Waals surface area contributed by atoms with E-state index in [1.807, 2.05) is 48.7 Å². The van der Waals surface area contributed by atoms with Gasteiger partial charge in [0.15, 0.2) is 11.6 Å². The molecule has 63 heavy (non-hydrogen) atoms. The fourth-order valence-electron chi connectivity index (χ4n) is 9.92. The molecule has 0 aliphatic heterocycles. The third-order valence-corrected chi connectivity index (χ3v) is 13.4. The number of para-hydroxylation sites is 2. The van der Waals surface area contributed by atoms with Crippen LogP contribution in [0.1, 0.15) is 45.6 Å². The van der Waals surface area contributed by atoms with Crippen molar-refractivity contribution in [1.29, 1.82) is 0 Å². The Kier molecular flexibility index (Phi) is 9.50. The van der Waals surface area contributed by atoms with Gasteiger partial charge < -0.3 is 4.57 Å². The summed E-state index contributed by atoms with van der Waals surface area (Å²) in [5.41, 5.74) is 13.2. The lowest BCUT2D eigenvalue weighted by Gasteiger charge is -2.33. The Balaban J connectivity index is 1.21. The Bertz CT molecular complexity index is 3370. The van der Waals surface area contributed by atoms with Gasteiger partial charge in [0.2, 0.25) is 5.95 Å². The topological polar surface area (TPSA) is 61.4 Å². The smallest absolute Gasteiger partial charge is 0.238 e. The van der Waals surface area contributed by atoms with Crippen LogP contribution in [0.3, 0.4) is 0 Å². The molecular weight excluding hydrogens is 769 g/mol. The van der Waals surface area contributed by atoms with Crippen LogP contribution in [0.25, 0.3) is 100 Å². The van der Waals surface area contributed by atoms with Crippen LogP contribution in [-0.2, 0) is 5.41 Å². The second-order valence-corrected chi connectivity index (χ2v) is 16.4. The lowest BCUT2D eigenvalue weighted by atomic mass is 9.71. The van der Waals surface area contributed by atoms with Crippen LogP contribution in [0.4, 0.5) is 0 Å². The molecular formula is C57H46N6. The molecule has 6 heteroatoms. The lowest BCUT2D eigenvalue weighted by Crippen LogP contribution is -2.24. The number of aromatic nitrogens is 6. The summed E-state index contributed by atoms with van der Waals surface area (Å²) in [7, 11) is 0. The Morgan fingerprint density at radius 1 is 0.429 bits per heavy atom. The number of rotatable bonds is 10. The monoisotopic (exact) mass is 814 g/mol. The molecule has 11 rings (SSSR count). The Hall–Kier alpha value is -7.70. The Morgan fingerprint density at radius 2 is 0.984 bits per heavy atom. The van der Waals surface area contributed by atoms with Crippen molar-refractivity contribution in [3.05, 3.63) is 194 Å². The van der Waals surface area contributed by atoms with Crippen molar-refractivity contribution in [2.24, 2.45) is 0 Å². The summed E-state index contributed by atoms with van der Waals surface area (Å²) < 4.78 is 4.68. The highest BCUT2D eigenvalue weighted by Gasteiger charge is 2.30. The molecule has 0 unspecified atom stereocenters. The fourth-order valence-corrected chi connectivity index (χ4v) is 9.92. The van der Waals surface area contributed by atoms with E-state index in [1.165, 1.54) is 22.1 Å². The molecule has 0 aliphatic rings. The summed E-state index contributed by atoms with van der Waals surface area (Å²) in [5.74, 6) is 1.81. The maximum absolute atomic E-state index is 5.29. The minimum absolute atomic E-state index is 0.0739. The molecule has 304 valence electrons. The first-order chi connectivity index (χ1) is 31.1. The van der Waals surface area contributed by atoms with Gasteiger partial charge in [-0.3, -0.25) is 9.55 Å². The fraction of sp³-hybridized carbons (Fsp3) is 0.123. The van der Waals surface area contributed by atoms with Gasteiger partial charge in [-0.15, -0.1) is 0 Å². The first-order valence-corrected chi connectivity index (χ1v) is 22.1. The number of hydrogen-bond donors (Lipinski definition) is 0. The normalized spacial score (nSPS) is 11.9. The predicted octanol–water partition coefficient (Wildman–Crippen LogP) is 14.6. The molecule has 4 heterocycles. The van der Waals surface area contributed by atoms with Crippen molar-refractivity contribution in [3.8, 4) is 56.8 Å². The van der Waals surface area contributed by atoms with Crippen molar-refractivity contribution in [3.63, 3.8) is 0 Å². The molecule has 0 bridgehead atoms. The molecule has 0 amide bonds. The van der Waals surface area contributed by atoms with Gasteiger partial charge >= 0.3 is 0 Å². The minimum atomic E-state index is 0.0739. The number of benzene rings is 7. The van der Waals surface area contributed by atoms with Gasteiger partial charge in [-0.25, -0.2) is 4.98 Å². The van der Waals surface area contributed by atoms with Gasteiger partial charge in [0.25, 0.3) is 0 Å². The van der Waals surface area contributed by atoms with E-state index < -0.39 is 0 Å². The van der Waals surface area contributed by atoms with E-state index in [4.69, 9.17) is 19.9 Å². The summed E-state index contributed by atoms with van der Waals surface area (Å²) in [4.78, 5) is 20.5. The average Bonchev–Trinajstić information content (AvgIpc) is 3.88. The number of fused-ring (bicyclic) bond motifs is 7. The third-order valence-electron chi connectivity index (χ3n) is 13.4. The maximum Gasteiger partial charge on any atom is 0.238 e. The quantitative estimate of drug-likeness (QED) is 0.138. The molecule has 11 aromatic rings. The zero-order valence-electron chi connectivity index (χ0n) is 35.7. The molecule has 0 spiro atoms. The van der Waals surface area contributed by atoms with Crippen molar-refractivity contribution >= 4 is 43.6 Å². The molecule has 0 saturated carbocycles. The summed E-state index contributed by atoms with van der Waals surface area (Å²) in [6, 6.07) is 64.5. The molecule has 0 fully saturated rings. The Labute approximate surface area is 367 Å². The van der Waals surface area contributed by atoms with Gasteiger partial charge in [0.05, 0.1) is 27.8 Å². The highest BCUT2D eigenvalue weighted by atomic mass is 15.2. The van der Waals surface area contributed by atoms with Crippen molar-refractivity contribution < 1.29 is 0 Å². The van der Waals surface area contributed by atoms with Crippen molar-refractivity contribution in [1.82, 2.24) is 29.1 Å². The summed E-state index contributed by atoms with van der Waals surface area (Å²) >= 11 is 0. The standard InChI is InChI=1S/C57H46N6/c1-4-57(5-2,6-3)48-33-29-40(37-47(48)49-27-18-19-35-58-49)41-30-34-51-46(36-41)45-32-31-44-43-26-16-17-28-50(43)63(53(44)52(45)62(51)42-24-14-9-15-25-42)56-60-54(38-20-10-7-11-21-38)59-55(61-56)39-22-12-8-13-23-39/h7-37H,4-6H2,1-3H3. The van der Waals surface area contributed by atoms with Crippen LogP contribution in [-0.4, -0.2) is 29.1 Å². The number of nitrogens with zero attached hydrogens (tertiary/aromatic N) is 6. The van der Waals surface area contributed by atoms with E-state index in [0.717, 1.165) is 85.6 Å². The first-order valence-electron chi connectivity index (χ1n) is 22.1. The predicted molar refractivity (Wildman–Crippen MR) is 261 cm³/mol. The zero-order valence-corrected chi connectivity index (χ0v) is 35.7. The lowest BCUT2D eigenvalue weighted by molar-refractivity contribution is 0.383. The molecule has 6 nitrogen and oxygen atoms in total. The number of hydrogen-bond acceptors (Lipinski definition) is 4. The van der Waals surface area contributed by atoms with E-state index >= 15 is 0 Å². The van der Waals surface area contributed by atoms with E-state index in [1.54, 1.807) is 0 Å². The summed E-state index contributed by atoms with van der Waals surface area (Å²) in [5, 5.41) is 4.58. The van der Waals surface area contributed by atoms with Crippen LogP contribution in [0.5, 0.6) is 0 Å². The summed E-state index contributed by atoms with van der Waals surface area (Å²) in [6.45, 7) is 6.96. The Morgan fingerprint density at radius 3 is 1.63 bits per heavy atom. The molecule has 0 radical (unpaired) electrons. The molecule has 0 aliphatic carbocycles. The van der Waals surface area contributed by atoms with Crippen LogP contribution in [0.2, 0.25) is 0 Å². The van der Waals surface area contributed by atoms with Gasteiger partial charge in [0, 0.05) is 50.1 Å². The van der Waals surface area contributed by atoms with Gasteiger partial charge in [-0.2, -0.15) is 9.97 Å². The SMILES string of the molecule is CCC(CC)(CC)c1ccc(-c2ccc3c(c2)c2ccc4c5ccccc5n(-c5nc(-c6ccccc6)nc(-c6ccccc6)n5)c4c2n3-c2ccccc2)cc1-c1ccccn1. The van der Waals surface area contributed by atoms with E-state index in [9.17, 15) is 0 Å². The van der Waals surface area contributed by atoms with Crippen molar-refractivity contribution in [2.45, 2.75) is 45.4 Å². The van der Waals surface area contributed by atoms with E-state index in [-0.39, 0.29) is 5.41 Å². The van der Waals surface area contributed by atoms with E-state index in [0.29, 0.717) is 17.6 Å². The van der Waals surface area contributed by atoms with Gasteiger partial charge in [-0.05, 0) is 89.9 Å². The molecule has 4 aromatic heterocycles. The molecule has 7 aromatic carbocycles. The van der Waals surface area contributed by atoms with E-state index in [2.05, 4.69) is 169 Å². The van der Waals surface area contributed by atoms with Crippen molar-refractivity contribution in [2.75, 3.05) is 0 Å². The van der Waals surface area contributed by atoms with Gasteiger partial charge in [-0.1, -0.05) is 154 Å². The zero-order chi connectivity index (χ0) is 42.5. The average molecular weight is 815 g/mol. The third kappa shape index (κ3) is 6.32.